The van der Waals surface area contributed by atoms with Gasteiger partial charge in [-0.25, -0.2) is 0 Å². The van der Waals surface area contributed by atoms with Gasteiger partial charge in [-0.2, -0.15) is 0 Å². The predicted octanol–water partition coefficient (Wildman–Crippen LogP) is 5.82. The van der Waals surface area contributed by atoms with Gasteiger partial charge < -0.3 is 5.32 Å². The van der Waals surface area contributed by atoms with Gasteiger partial charge in [-0.3, -0.25) is 0 Å². The van der Waals surface area contributed by atoms with E-state index in [2.05, 4.69) is 46.7 Å². The van der Waals surface area contributed by atoms with Crippen LogP contribution in [0.25, 0.3) is 10.6 Å². The molecule has 3 nitrogen and oxygen atoms in total. The summed E-state index contributed by atoms with van der Waals surface area (Å²) in [7, 11) is 0. The highest BCUT2D eigenvalue weighted by Crippen LogP contribution is 2.31. The SMILES string of the molecule is CCc1ccc(-c2nnc(Nc3ccc(Cl)c(Cl)c3)s2)cc1. The van der Waals surface area contributed by atoms with Gasteiger partial charge in [0.1, 0.15) is 5.01 Å². The molecule has 0 atom stereocenters. The van der Waals surface area contributed by atoms with Crippen LogP contribution in [0, 0.1) is 0 Å². The lowest BCUT2D eigenvalue weighted by atomic mass is 10.1. The van der Waals surface area contributed by atoms with Crippen molar-refractivity contribution in [2.75, 3.05) is 5.32 Å². The van der Waals surface area contributed by atoms with Crippen LogP contribution < -0.4 is 5.32 Å². The second-order valence-corrected chi connectivity index (χ2v) is 6.51. The summed E-state index contributed by atoms with van der Waals surface area (Å²) in [6, 6.07) is 13.7. The second kappa shape index (κ2) is 6.65. The Morgan fingerprint density at radius 2 is 1.77 bits per heavy atom. The molecule has 2 aromatic carbocycles. The summed E-state index contributed by atoms with van der Waals surface area (Å²) >= 11 is 13.4. The fourth-order valence-electron chi connectivity index (χ4n) is 1.97. The van der Waals surface area contributed by atoms with E-state index in [0.717, 1.165) is 22.7 Å². The molecule has 112 valence electrons. The zero-order chi connectivity index (χ0) is 15.5. The Morgan fingerprint density at radius 1 is 1.00 bits per heavy atom. The van der Waals surface area contributed by atoms with Crippen LogP contribution >= 0.6 is 34.5 Å². The van der Waals surface area contributed by atoms with Gasteiger partial charge in [-0.15, -0.1) is 10.2 Å². The zero-order valence-corrected chi connectivity index (χ0v) is 14.1. The maximum atomic E-state index is 6.01. The lowest BCUT2D eigenvalue weighted by Crippen LogP contribution is -1.89. The molecule has 0 unspecified atom stereocenters. The van der Waals surface area contributed by atoms with Gasteiger partial charge in [0, 0.05) is 11.3 Å². The van der Waals surface area contributed by atoms with E-state index in [1.165, 1.54) is 16.9 Å². The van der Waals surface area contributed by atoms with Crippen LogP contribution in [-0.4, -0.2) is 10.2 Å². The van der Waals surface area contributed by atoms with Crippen LogP contribution in [0.2, 0.25) is 10.0 Å². The standard InChI is InChI=1S/C16H13Cl2N3S/c1-2-10-3-5-11(6-4-10)15-20-21-16(22-15)19-12-7-8-13(17)14(18)9-12/h3-9H,2H2,1H3,(H,19,21). The molecule has 3 aromatic rings. The molecular formula is C16H13Cl2N3S. The normalized spacial score (nSPS) is 10.7. The molecule has 0 saturated carbocycles. The molecule has 0 aliphatic heterocycles. The number of nitrogens with one attached hydrogen (secondary N) is 1. The van der Waals surface area contributed by atoms with Gasteiger partial charge in [0.05, 0.1) is 10.0 Å². The molecule has 0 bridgehead atoms. The van der Waals surface area contributed by atoms with Crippen molar-refractivity contribution < 1.29 is 0 Å². The molecule has 0 saturated heterocycles. The van der Waals surface area contributed by atoms with Gasteiger partial charge in [0.2, 0.25) is 5.13 Å². The van der Waals surface area contributed by atoms with Gasteiger partial charge in [0.15, 0.2) is 0 Å². The summed E-state index contributed by atoms with van der Waals surface area (Å²) in [5.74, 6) is 0. The Morgan fingerprint density at radius 3 is 2.45 bits per heavy atom. The summed E-state index contributed by atoms with van der Waals surface area (Å²) in [6.45, 7) is 2.14. The molecule has 0 spiro atoms. The Labute approximate surface area is 142 Å². The van der Waals surface area contributed by atoms with Crippen LogP contribution in [0.3, 0.4) is 0 Å². The number of anilines is 2. The summed E-state index contributed by atoms with van der Waals surface area (Å²) in [5, 5.41) is 14.2. The predicted molar refractivity (Wildman–Crippen MR) is 94.5 cm³/mol. The highest BCUT2D eigenvalue weighted by Gasteiger charge is 2.08. The van der Waals surface area contributed by atoms with Crippen molar-refractivity contribution in [2.24, 2.45) is 0 Å². The second-order valence-electron chi connectivity index (χ2n) is 4.72. The average Bonchev–Trinajstić information content (AvgIpc) is 2.99. The molecule has 3 rings (SSSR count). The molecule has 1 aromatic heterocycles. The van der Waals surface area contributed by atoms with E-state index >= 15 is 0 Å². The molecule has 0 aliphatic rings. The van der Waals surface area contributed by atoms with Crippen molar-refractivity contribution in [3.05, 3.63) is 58.1 Å². The molecule has 0 radical (unpaired) electrons. The number of hydrogen-bond donors (Lipinski definition) is 1. The maximum Gasteiger partial charge on any atom is 0.210 e. The molecule has 1 heterocycles. The minimum Gasteiger partial charge on any atom is -0.330 e. The quantitative estimate of drug-likeness (QED) is 0.644. The number of halogens is 2. The fraction of sp³-hybridized carbons (Fsp3) is 0.125. The van der Waals surface area contributed by atoms with Crippen molar-refractivity contribution in [3.8, 4) is 10.6 Å². The van der Waals surface area contributed by atoms with E-state index < -0.39 is 0 Å². The first kappa shape index (κ1) is 15.3. The van der Waals surface area contributed by atoms with Crippen LogP contribution in [0.5, 0.6) is 0 Å². The molecule has 1 N–H and O–H groups in total. The van der Waals surface area contributed by atoms with Gasteiger partial charge in [-0.1, -0.05) is 65.7 Å². The molecule has 0 amide bonds. The summed E-state index contributed by atoms with van der Waals surface area (Å²) < 4.78 is 0. The Hall–Kier alpha value is -1.62. The molecule has 0 fully saturated rings. The highest BCUT2D eigenvalue weighted by molar-refractivity contribution is 7.18. The molecule has 22 heavy (non-hydrogen) atoms. The van der Waals surface area contributed by atoms with E-state index in [-0.39, 0.29) is 0 Å². The van der Waals surface area contributed by atoms with Crippen molar-refractivity contribution in [1.29, 1.82) is 0 Å². The van der Waals surface area contributed by atoms with Crippen LogP contribution in [0.15, 0.2) is 42.5 Å². The van der Waals surface area contributed by atoms with Gasteiger partial charge in [-0.05, 0) is 30.2 Å². The van der Waals surface area contributed by atoms with Crippen LogP contribution in [-0.2, 0) is 6.42 Å². The lowest BCUT2D eigenvalue weighted by molar-refractivity contribution is 1.09. The molecular weight excluding hydrogens is 337 g/mol. The fourth-order valence-corrected chi connectivity index (χ4v) is 3.04. The Balaban J connectivity index is 1.79. The summed E-state index contributed by atoms with van der Waals surface area (Å²) in [5.41, 5.74) is 3.21. The van der Waals surface area contributed by atoms with Crippen LogP contribution in [0.1, 0.15) is 12.5 Å². The van der Waals surface area contributed by atoms with Crippen molar-refractivity contribution >= 4 is 45.4 Å². The minimum atomic E-state index is 0.506. The van der Waals surface area contributed by atoms with Crippen LogP contribution in [0.4, 0.5) is 10.8 Å². The zero-order valence-electron chi connectivity index (χ0n) is 11.8. The van der Waals surface area contributed by atoms with Crippen molar-refractivity contribution in [2.45, 2.75) is 13.3 Å². The van der Waals surface area contributed by atoms with E-state index in [0.29, 0.717) is 15.2 Å². The summed E-state index contributed by atoms with van der Waals surface area (Å²) in [6.07, 6.45) is 1.03. The first-order valence-electron chi connectivity index (χ1n) is 6.80. The first-order chi connectivity index (χ1) is 10.7. The highest BCUT2D eigenvalue weighted by atomic mass is 35.5. The monoisotopic (exact) mass is 349 g/mol. The number of rotatable bonds is 4. The number of benzene rings is 2. The Bertz CT molecular complexity index is 784. The number of nitrogens with zero attached hydrogens (tertiary/aromatic N) is 2. The largest absolute Gasteiger partial charge is 0.330 e. The topological polar surface area (TPSA) is 37.8 Å². The van der Waals surface area contributed by atoms with Crippen molar-refractivity contribution in [1.82, 2.24) is 10.2 Å². The smallest absolute Gasteiger partial charge is 0.210 e. The number of aromatic nitrogens is 2. The third-order valence-electron chi connectivity index (χ3n) is 3.21. The average molecular weight is 350 g/mol. The minimum absolute atomic E-state index is 0.506. The lowest BCUT2D eigenvalue weighted by Gasteiger charge is -2.03. The van der Waals surface area contributed by atoms with E-state index in [9.17, 15) is 0 Å². The first-order valence-corrected chi connectivity index (χ1v) is 8.38. The third-order valence-corrected chi connectivity index (χ3v) is 4.83. The van der Waals surface area contributed by atoms with Gasteiger partial charge >= 0.3 is 0 Å². The Kier molecular flexibility index (Phi) is 4.62. The molecule has 0 aliphatic carbocycles. The van der Waals surface area contributed by atoms with Crippen molar-refractivity contribution in [3.63, 3.8) is 0 Å². The number of aryl methyl sites for hydroxylation is 1. The van der Waals surface area contributed by atoms with E-state index in [4.69, 9.17) is 23.2 Å². The van der Waals surface area contributed by atoms with E-state index in [1.54, 1.807) is 12.1 Å². The third kappa shape index (κ3) is 3.40. The summed E-state index contributed by atoms with van der Waals surface area (Å²) in [4.78, 5) is 0. The number of hydrogen-bond acceptors (Lipinski definition) is 4. The van der Waals surface area contributed by atoms with Gasteiger partial charge in [0.25, 0.3) is 0 Å². The maximum absolute atomic E-state index is 6.01. The van der Waals surface area contributed by atoms with E-state index in [1.807, 2.05) is 6.07 Å². The molecule has 6 heteroatoms.